The highest BCUT2D eigenvalue weighted by Crippen LogP contribution is 2.19. The van der Waals surface area contributed by atoms with Gasteiger partial charge in [0.25, 0.3) is 5.91 Å². The van der Waals surface area contributed by atoms with Gasteiger partial charge in [-0.3, -0.25) is 19.3 Å². The van der Waals surface area contributed by atoms with E-state index in [9.17, 15) is 9.59 Å². The lowest BCUT2D eigenvalue weighted by Crippen LogP contribution is -2.45. The average Bonchev–Trinajstić information content (AvgIpc) is 3.26. The number of hydrogen-bond acceptors (Lipinski definition) is 6. The number of likely N-dealkylation sites (tertiary alicyclic amines) is 1. The number of nitrogens with one attached hydrogen (secondary N) is 1. The second kappa shape index (κ2) is 10.6. The van der Waals surface area contributed by atoms with Crippen molar-refractivity contribution in [1.29, 1.82) is 0 Å². The van der Waals surface area contributed by atoms with Crippen LogP contribution in [0.3, 0.4) is 0 Å². The van der Waals surface area contributed by atoms with E-state index >= 15 is 0 Å². The molecule has 9 heteroatoms. The Balaban J connectivity index is 1.24. The molecule has 1 atom stereocenters. The number of carbonyl (C=O) groups is 2. The summed E-state index contributed by atoms with van der Waals surface area (Å²) in [5.74, 6) is 1.03. The van der Waals surface area contributed by atoms with Crippen molar-refractivity contribution in [2.24, 2.45) is 0 Å². The molecule has 0 spiro atoms. The maximum atomic E-state index is 12.8. The van der Waals surface area contributed by atoms with Crippen LogP contribution in [0, 0.1) is 6.92 Å². The number of hydrogen-bond donors (Lipinski definition) is 1. The molecule has 0 unspecified atom stereocenters. The van der Waals surface area contributed by atoms with Gasteiger partial charge < -0.3 is 19.7 Å². The Hall–Kier alpha value is -3.88. The van der Waals surface area contributed by atoms with Crippen LogP contribution in [-0.2, 0) is 16.1 Å². The molecule has 1 saturated heterocycles. The summed E-state index contributed by atoms with van der Waals surface area (Å²) in [5.41, 5.74) is 1.68. The number of nitrogens with zero attached hydrogens (tertiary/aromatic N) is 4. The van der Waals surface area contributed by atoms with Crippen molar-refractivity contribution in [2.75, 3.05) is 25.0 Å². The monoisotopic (exact) mass is 449 g/mol. The summed E-state index contributed by atoms with van der Waals surface area (Å²) in [4.78, 5) is 30.6. The minimum absolute atomic E-state index is 0.0294. The van der Waals surface area contributed by atoms with E-state index in [4.69, 9.17) is 9.47 Å². The predicted molar refractivity (Wildman–Crippen MR) is 122 cm³/mol. The Kier molecular flexibility index (Phi) is 7.19. The molecule has 0 radical (unpaired) electrons. The van der Waals surface area contributed by atoms with Gasteiger partial charge in [0.05, 0.1) is 18.4 Å². The normalized spacial score (nSPS) is 15.7. The number of rotatable bonds is 8. The van der Waals surface area contributed by atoms with Gasteiger partial charge in [-0.2, -0.15) is 5.10 Å². The van der Waals surface area contributed by atoms with Crippen molar-refractivity contribution >= 4 is 17.5 Å². The molecule has 2 aromatic heterocycles. The average molecular weight is 450 g/mol. The zero-order valence-corrected chi connectivity index (χ0v) is 18.5. The maximum absolute atomic E-state index is 12.8. The summed E-state index contributed by atoms with van der Waals surface area (Å²) in [5, 5.41) is 6.91. The van der Waals surface area contributed by atoms with Crippen LogP contribution in [-0.4, -0.2) is 57.3 Å². The quantitative estimate of drug-likeness (QED) is 0.568. The molecule has 1 aliphatic rings. The molecule has 0 bridgehead atoms. The molecule has 3 aromatic rings. The highest BCUT2D eigenvalue weighted by atomic mass is 16.5. The number of aromatic nitrogens is 3. The van der Waals surface area contributed by atoms with Gasteiger partial charge in [0, 0.05) is 25.1 Å². The Morgan fingerprint density at radius 3 is 2.70 bits per heavy atom. The minimum Gasteiger partial charge on any atom is -0.489 e. The van der Waals surface area contributed by atoms with Gasteiger partial charge in [-0.1, -0.05) is 17.7 Å². The van der Waals surface area contributed by atoms with E-state index in [2.05, 4.69) is 15.4 Å². The van der Waals surface area contributed by atoms with E-state index in [0.29, 0.717) is 24.5 Å². The molecular weight excluding hydrogens is 422 g/mol. The zero-order valence-electron chi connectivity index (χ0n) is 18.5. The van der Waals surface area contributed by atoms with Crippen molar-refractivity contribution in [3.63, 3.8) is 0 Å². The first-order valence-electron chi connectivity index (χ1n) is 10.9. The molecule has 1 aliphatic heterocycles. The molecule has 0 aliphatic carbocycles. The highest BCUT2D eigenvalue weighted by Gasteiger charge is 2.25. The highest BCUT2D eigenvalue weighted by molar-refractivity contribution is 5.91. The van der Waals surface area contributed by atoms with E-state index in [0.717, 1.165) is 18.6 Å². The fourth-order valence-corrected chi connectivity index (χ4v) is 3.60. The first-order valence-corrected chi connectivity index (χ1v) is 10.9. The van der Waals surface area contributed by atoms with Gasteiger partial charge in [-0.25, -0.2) is 0 Å². The first-order chi connectivity index (χ1) is 16.0. The molecular formula is C24H27N5O4. The molecule has 0 saturated carbocycles. The van der Waals surface area contributed by atoms with Crippen molar-refractivity contribution in [3.8, 4) is 11.5 Å². The molecule has 2 amide bonds. The standard InChI is InChI=1S/C24H27N5O4/c1-18-4-6-21(7-5-18)33-22-3-2-12-28(15-22)24(31)16-29-14-19(13-26-29)27-23(30)17-32-20-8-10-25-11-9-20/h4-11,13-14,22H,2-3,12,15-17H2,1H3,(H,27,30)/t22-/m0/s1. The van der Waals surface area contributed by atoms with Gasteiger partial charge in [0.2, 0.25) is 5.91 Å². The first kappa shape index (κ1) is 22.3. The van der Waals surface area contributed by atoms with Gasteiger partial charge in [0.15, 0.2) is 6.61 Å². The number of aryl methyl sites for hydroxylation is 1. The SMILES string of the molecule is Cc1ccc(O[C@H]2CCCN(C(=O)Cn3cc(NC(=O)COc4ccncc4)cn3)C2)cc1. The molecule has 172 valence electrons. The van der Waals surface area contributed by atoms with Crippen LogP contribution in [0.4, 0.5) is 5.69 Å². The lowest BCUT2D eigenvalue weighted by atomic mass is 10.1. The summed E-state index contributed by atoms with van der Waals surface area (Å²) in [6, 6.07) is 11.3. The summed E-state index contributed by atoms with van der Waals surface area (Å²) < 4.78 is 13.0. The van der Waals surface area contributed by atoms with E-state index in [1.165, 1.54) is 16.4 Å². The second-order valence-electron chi connectivity index (χ2n) is 7.98. The minimum atomic E-state index is -0.315. The Morgan fingerprint density at radius 1 is 1.12 bits per heavy atom. The van der Waals surface area contributed by atoms with Crippen molar-refractivity contribution in [2.45, 2.75) is 32.4 Å². The Labute approximate surface area is 192 Å². The van der Waals surface area contributed by atoms with Crippen molar-refractivity contribution in [3.05, 3.63) is 66.7 Å². The van der Waals surface area contributed by atoms with E-state index in [-0.39, 0.29) is 31.1 Å². The van der Waals surface area contributed by atoms with E-state index in [1.54, 1.807) is 30.7 Å². The molecule has 1 fully saturated rings. The van der Waals surface area contributed by atoms with Crippen LogP contribution in [0.5, 0.6) is 11.5 Å². The molecule has 1 aromatic carbocycles. The smallest absolute Gasteiger partial charge is 0.262 e. The number of pyridine rings is 1. The fourth-order valence-electron chi connectivity index (χ4n) is 3.60. The largest absolute Gasteiger partial charge is 0.489 e. The van der Waals surface area contributed by atoms with Crippen LogP contribution in [0.1, 0.15) is 18.4 Å². The Morgan fingerprint density at radius 2 is 1.91 bits per heavy atom. The third kappa shape index (κ3) is 6.55. The molecule has 4 rings (SSSR count). The summed E-state index contributed by atoms with van der Waals surface area (Å²) >= 11 is 0. The third-order valence-corrected chi connectivity index (χ3v) is 5.29. The van der Waals surface area contributed by atoms with Crippen LogP contribution in [0.15, 0.2) is 61.2 Å². The number of ether oxygens (including phenoxy) is 2. The van der Waals surface area contributed by atoms with E-state index < -0.39 is 0 Å². The zero-order chi connectivity index (χ0) is 23.0. The lowest BCUT2D eigenvalue weighted by Gasteiger charge is -2.33. The molecule has 9 nitrogen and oxygen atoms in total. The van der Waals surface area contributed by atoms with Gasteiger partial charge in [0.1, 0.15) is 24.1 Å². The molecule has 33 heavy (non-hydrogen) atoms. The lowest BCUT2D eigenvalue weighted by molar-refractivity contribution is -0.134. The molecule has 1 N–H and O–H groups in total. The van der Waals surface area contributed by atoms with Crippen molar-refractivity contribution in [1.82, 2.24) is 19.7 Å². The number of anilines is 1. The number of amides is 2. The van der Waals surface area contributed by atoms with Crippen LogP contribution in [0.25, 0.3) is 0 Å². The summed E-state index contributed by atoms with van der Waals surface area (Å²) in [6.07, 6.45) is 8.10. The van der Waals surface area contributed by atoms with Crippen molar-refractivity contribution < 1.29 is 19.1 Å². The summed E-state index contributed by atoms with van der Waals surface area (Å²) in [7, 11) is 0. The summed E-state index contributed by atoms with van der Waals surface area (Å²) in [6.45, 7) is 3.24. The van der Waals surface area contributed by atoms with Crippen LogP contribution in [0.2, 0.25) is 0 Å². The second-order valence-corrected chi connectivity index (χ2v) is 7.98. The van der Waals surface area contributed by atoms with E-state index in [1.807, 2.05) is 36.1 Å². The number of carbonyl (C=O) groups excluding carboxylic acids is 2. The topological polar surface area (TPSA) is 98.6 Å². The number of piperidine rings is 1. The van der Waals surface area contributed by atoms with Gasteiger partial charge in [-0.15, -0.1) is 0 Å². The predicted octanol–water partition coefficient (Wildman–Crippen LogP) is 2.67. The fraction of sp³-hybridized carbons (Fsp3) is 0.333. The maximum Gasteiger partial charge on any atom is 0.262 e. The van der Waals surface area contributed by atoms with Gasteiger partial charge in [-0.05, 0) is 44.0 Å². The third-order valence-electron chi connectivity index (χ3n) is 5.29. The number of benzene rings is 1. The Bertz CT molecular complexity index is 1070. The van der Waals surface area contributed by atoms with Gasteiger partial charge >= 0.3 is 0 Å². The molecule has 3 heterocycles. The van der Waals surface area contributed by atoms with Crippen LogP contribution < -0.4 is 14.8 Å². The van der Waals surface area contributed by atoms with Crippen LogP contribution >= 0.6 is 0 Å².